The molecule has 2 aliphatic heterocycles. The van der Waals surface area contributed by atoms with Crippen molar-refractivity contribution in [1.29, 1.82) is 0 Å². The first-order valence-corrected chi connectivity index (χ1v) is 7.47. The van der Waals surface area contributed by atoms with E-state index in [9.17, 15) is 0 Å². The van der Waals surface area contributed by atoms with Gasteiger partial charge in [0.25, 0.3) is 0 Å². The van der Waals surface area contributed by atoms with Crippen molar-refractivity contribution in [3.8, 4) is 0 Å². The molecule has 5 nitrogen and oxygen atoms in total. The van der Waals surface area contributed by atoms with Gasteiger partial charge in [0.15, 0.2) is 0 Å². The van der Waals surface area contributed by atoms with Crippen LogP contribution in [0.15, 0.2) is 18.6 Å². The maximum Gasteiger partial charge on any atom is 0.142 e. The molecule has 4 rings (SSSR count). The van der Waals surface area contributed by atoms with Gasteiger partial charge in [0.05, 0.1) is 5.39 Å². The van der Waals surface area contributed by atoms with Crippen molar-refractivity contribution in [3.63, 3.8) is 0 Å². The van der Waals surface area contributed by atoms with Crippen LogP contribution in [-0.4, -0.2) is 41.3 Å². The summed E-state index contributed by atoms with van der Waals surface area (Å²) in [6.07, 6.45) is 8.55. The Morgan fingerprint density at radius 2 is 2.10 bits per heavy atom. The molecule has 106 valence electrons. The van der Waals surface area contributed by atoms with Gasteiger partial charge in [-0.3, -0.25) is 0 Å². The molecule has 20 heavy (non-hydrogen) atoms. The summed E-state index contributed by atoms with van der Waals surface area (Å²) in [5.41, 5.74) is 1.37. The van der Waals surface area contributed by atoms with Crippen molar-refractivity contribution in [1.82, 2.24) is 15.0 Å². The third-order valence-electron chi connectivity index (χ3n) is 4.85. The molecule has 2 aliphatic rings. The van der Waals surface area contributed by atoms with Crippen LogP contribution in [0.3, 0.4) is 0 Å². The molecular weight excluding hydrogens is 252 g/mol. The highest BCUT2D eigenvalue weighted by Gasteiger charge is 2.37. The SMILES string of the molecule is c1nc(N2CCCC3(CCOCC3)C2)c2cc[nH]c2n1. The van der Waals surface area contributed by atoms with Crippen molar-refractivity contribution in [2.45, 2.75) is 25.7 Å². The first-order chi connectivity index (χ1) is 9.86. The first-order valence-electron chi connectivity index (χ1n) is 7.47. The largest absolute Gasteiger partial charge is 0.381 e. The van der Waals surface area contributed by atoms with E-state index < -0.39 is 0 Å². The van der Waals surface area contributed by atoms with E-state index in [0.717, 1.165) is 43.2 Å². The molecule has 0 amide bonds. The van der Waals surface area contributed by atoms with E-state index >= 15 is 0 Å². The van der Waals surface area contributed by atoms with E-state index in [1.54, 1.807) is 6.33 Å². The summed E-state index contributed by atoms with van der Waals surface area (Å²) in [5.74, 6) is 1.09. The molecule has 2 saturated heterocycles. The zero-order valence-corrected chi connectivity index (χ0v) is 11.6. The fraction of sp³-hybridized carbons (Fsp3) is 0.600. The van der Waals surface area contributed by atoms with Crippen LogP contribution in [0.25, 0.3) is 11.0 Å². The van der Waals surface area contributed by atoms with Crippen LogP contribution in [0.1, 0.15) is 25.7 Å². The van der Waals surface area contributed by atoms with Crippen LogP contribution < -0.4 is 4.90 Å². The van der Waals surface area contributed by atoms with Crippen LogP contribution in [0, 0.1) is 5.41 Å². The first kappa shape index (κ1) is 12.1. The summed E-state index contributed by atoms with van der Waals surface area (Å²) in [6.45, 7) is 4.03. The Morgan fingerprint density at radius 1 is 1.20 bits per heavy atom. The number of aromatic amines is 1. The Morgan fingerprint density at radius 3 is 3.00 bits per heavy atom. The number of H-pyrrole nitrogens is 1. The van der Waals surface area contributed by atoms with Crippen LogP contribution in [0.5, 0.6) is 0 Å². The Hall–Kier alpha value is -1.62. The van der Waals surface area contributed by atoms with Gasteiger partial charge >= 0.3 is 0 Å². The molecule has 5 heteroatoms. The average molecular weight is 272 g/mol. The van der Waals surface area contributed by atoms with Gasteiger partial charge in [-0.05, 0) is 37.2 Å². The Balaban J connectivity index is 1.66. The zero-order valence-electron chi connectivity index (χ0n) is 11.6. The van der Waals surface area contributed by atoms with Gasteiger partial charge < -0.3 is 14.6 Å². The topological polar surface area (TPSA) is 54.0 Å². The van der Waals surface area contributed by atoms with Gasteiger partial charge in [0.2, 0.25) is 0 Å². The van der Waals surface area contributed by atoms with E-state index in [4.69, 9.17) is 4.74 Å². The molecular formula is C15H20N4O. The van der Waals surface area contributed by atoms with Crippen molar-refractivity contribution < 1.29 is 4.74 Å². The van der Waals surface area contributed by atoms with Gasteiger partial charge in [0, 0.05) is 32.5 Å². The monoisotopic (exact) mass is 272 g/mol. The Labute approximate surface area is 118 Å². The minimum atomic E-state index is 0.435. The van der Waals surface area contributed by atoms with Crippen molar-refractivity contribution in [3.05, 3.63) is 18.6 Å². The molecule has 2 fully saturated rings. The normalized spacial score (nSPS) is 22.5. The van der Waals surface area contributed by atoms with E-state index in [1.807, 2.05) is 6.20 Å². The van der Waals surface area contributed by atoms with Gasteiger partial charge in [-0.15, -0.1) is 0 Å². The number of fused-ring (bicyclic) bond motifs is 1. The van der Waals surface area contributed by atoms with E-state index in [1.165, 1.54) is 25.7 Å². The summed E-state index contributed by atoms with van der Waals surface area (Å²) < 4.78 is 5.55. The Bertz CT molecular complexity index is 597. The van der Waals surface area contributed by atoms with E-state index in [-0.39, 0.29) is 0 Å². The second-order valence-electron chi connectivity index (χ2n) is 6.07. The number of hydrogen-bond donors (Lipinski definition) is 1. The molecule has 2 aromatic heterocycles. The number of rotatable bonds is 1. The molecule has 1 N–H and O–H groups in total. The molecule has 0 saturated carbocycles. The summed E-state index contributed by atoms with van der Waals surface area (Å²) in [6, 6.07) is 2.08. The number of piperidine rings is 1. The maximum atomic E-state index is 5.55. The predicted octanol–water partition coefficient (Wildman–Crippen LogP) is 2.35. The van der Waals surface area contributed by atoms with E-state index in [2.05, 4.69) is 25.9 Å². The second kappa shape index (κ2) is 4.74. The summed E-state index contributed by atoms with van der Waals surface area (Å²) in [5, 5.41) is 1.14. The molecule has 0 unspecified atom stereocenters. The quantitative estimate of drug-likeness (QED) is 0.866. The summed E-state index contributed by atoms with van der Waals surface area (Å²) in [4.78, 5) is 14.5. The fourth-order valence-electron chi connectivity index (χ4n) is 3.71. The van der Waals surface area contributed by atoms with Crippen LogP contribution in [0.4, 0.5) is 5.82 Å². The molecule has 2 aromatic rings. The number of anilines is 1. The predicted molar refractivity (Wildman–Crippen MR) is 77.8 cm³/mol. The highest BCUT2D eigenvalue weighted by molar-refractivity contribution is 5.87. The smallest absolute Gasteiger partial charge is 0.142 e. The van der Waals surface area contributed by atoms with Crippen molar-refractivity contribution in [2.24, 2.45) is 5.41 Å². The Kier molecular flexibility index (Phi) is 2.88. The highest BCUT2D eigenvalue weighted by Crippen LogP contribution is 2.40. The third kappa shape index (κ3) is 1.97. The number of nitrogens with zero attached hydrogens (tertiary/aromatic N) is 3. The number of aromatic nitrogens is 3. The number of ether oxygens (including phenoxy) is 1. The second-order valence-corrected chi connectivity index (χ2v) is 6.07. The summed E-state index contributed by atoms with van der Waals surface area (Å²) >= 11 is 0. The number of hydrogen-bond acceptors (Lipinski definition) is 4. The minimum Gasteiger partial charge on any atom is -0.381 e. The lowest BCUT2D eigenvalue weighted by molar-refractivity contribution is 0.00750. The van der Waals surface area contributed by atoms with Gasteiger partial charge in [-0.2, -0.15) is 0 Å². The lowest BCUT2D eigenvalue weighted by atomic mass is 9.74. The van der Waals surface area contributed by atoms with Gasteiger partial charge in [-0.1, -0.05) is 0 Å². The fourth-order valence-corrected chi connectivity index (χ4v) is 3.71. The summed E-state index contributed by atoms with van der Waals surface area (Å²) in [7, 11) is 0. The number of nitrogens with one attached hydrogen (secondary N) is 1. The zero-order chi connectivity index (χ0) is 13.4. The van der Waals surface area contributed by atoms with Crippen LogP contribution in [0.2, 0.25) is 0 Å². The molecule has 0 aromatic carbocycles. The highest BCUT2D eigenvalue weighted by atomic mass is 16.5. The van der Waals surface area contributed by atoms with Crippen LogP contribution in [-0.2, 0) is 4.74 Å². The maximum absolute atomic E-state index is 5.55. The van der Waals surface area contributed by atoms with Crippen LogP contribution >= 0.6 is 0 Å². The lowest BCUT2D eigenvalue weighted by Gasteiger charge is -2.45. The molecule has 1 spiro atoms. The van der Waals surface area contributed by atoms with Crippen molar-refractivity contribution in [2.75, 3.05) is 31.2 Å². The van der Waals surface area contributed by atoms with E-state index in [0.29, 0.717) is 5.41 Å². The molecule has 0 bridgehead atoms. The van der Waals surface area contributed by atoms with Gasteiger partial charge in [-0.25, -0.2) is 9.97 Å². The molecule has 4 heterocycles. The lowest BCUT2D eigenvalue weighted by Crippen LogP contribution is -2.46. The van der Waals surface area contributed by atoms with Crippen molar-refractivity contribution >= 4 is 16.9 Å². The molecule has 0 aliphatic carbocycles. The average Bonchev–Trinajstić information content (AvgIpc) is 2.96. The standard InChI is InChI=1S/C15H20N4O/c1-3-15(4-8-20-9-5-15)10-19(7-1)14-12-2-6-16-13(12)17-11-18-14/h2,6,11H,1,3-5,7-10H2,(H,16,17,18). The third-order valence-corrected chi connectivity index (χ3v) is 4.85. The molecule has 0 radical (unpaired) electrons. The van der Waals surface area contributed by atoms with Gasteiger partial charge in [0.1, 0.15) is 17.8 Å². The molecule has 0 atom stereocenters. The minimum absolute atomic E-state index is 0.435.